The fraction of sp³-hybridized carbons (Fsp3) is 0.769. The lowest BCUT2D eigenvalue weighted by molar-refractivity contribution is -0.151. The molecule has 0 amide bonds. The first kappa shape index (κ1) is 13.2. The van der Waals surface area contributed by atoms with Crippen LogP contribution < -0.4 is 5.32 Å². The lowest BCUT2D eigenvalue weighted by atomic mass is 9.74. The third-order valence-electron chi connectivity index (χ3n) is 3.90. The summed E-state index contributed by atoms with van der Waals surface area (Å²) >= 11 is 0. The van der Waals surface area contributed by atoms with Gasteiger partial charge >= 0.3 is 5.97 Å². The fourth-order valence-electron chi connectivity index (χ4n) is 1.84. The normalized spacial score (nSPS) is 22.1. The number of carboxylic acid groups (broad SMARTS) is 1. The second-order valence-corrected chi connectivity index (χ2v) is 5.67. The van der Waals surface area contributed by atoms with Crippen LogP contribution in [0.2, 0.25) is 0 Å². The summed E-state index contributed by atoms with van der Waals surface area (Å²) in [5.74, 6) is -0.759. The van der Waals surface area contributed by atoms with Gasteiger partial charge in [0, 0.05) is 11.6 Å². The molecule has 1 atom stereocenters. The van der Waals surface area contributed by atoms with E-state index in [0.717, 1.165) is 12.8 Å². The summed E-state index contributed by atoms with van der Waals surface area (Å²) in [6, 6.07) is 0.308. The molecule has 0 aromatic rings. The van der Waals surface area contributed by atoms with Crippen LogP contribution in [-0.2, 0) is 4.79 Å². The number of aliphatic carboxylic acids is 1. The van der Waals surface area contributed by atoms with Crippen LogP contribution >= 0.6 is 0 Å². The molecule has 0 aromatic carbocycles. The van der Waals surface area contributed by atoms with Gasteiger partial charge in [-0.1, -0.05) is 12.2 Å². The molecule has 0 heterocycles. The topological polar surface area (TPSA) is 49.3 Å². The Bertz CT molecular complexity index is 292. The Hall–Kier alpha value is -0.830. The minimum absolute atomic E-state index is 0.308. The van der Waals surface area contributed by atoms with Crippen molar-refractivity contribution in [2.45, 2.75) is 58.5 Å². The second kappa shape index (κ2) is 4.58. The summed E-state index contributed by atoms with van der Waals surface area (Å²) in [5.41, 5.74) is -1.20. The first-order chi connectivity index (χ1) is 7.27. The van der Waals surface area contributed by atoms with Crippen LogP contribution in [0.3, 0.4) is 0 Å². The van der Waals surface area contributed by atoms with Gasteiger partial charge in [-0.3, -0.25) is 4.79 Å². The van der Waals surface area contributed by atoms with Crippen molar-refractivity contribution in [1.82, 2.24) is 5.32 Å². The van der Waals surface area contributed by atoms with Crippen molar-refractivity contribution in [3.8, 4) is 0 Å². The maximum atomic E-state index is 11.3. The van der Waals surface area contributed by atoms with Gasteiger partial charge in [0.2, 0.25) is 0 Å². The van der Waals surface area contributed by atoms with E-state index in [1.54, 1.807) is 13.8 Å². The minimum atomic E-state index is -0.779. The zero-order valence-corrected chi connectivity index (χ0v) is 10.7. The second-order valence-electron chi connectivity index (χ2n) is 5.67. The van der Waals surface area contributed by atoms with Crippen LogP contribution in [0.1, 0.15) is 47.0 Å². The van der Waals surface area contributed by atoms with Crippen molar-refractivity contribution in [2.75, 3.05) is 0 Å². The highest BCUT2D eigenvalue weighted by molar-refractivity contribution is 5.75. The molecule has 1 aliphatic rings. The summed E-state index contributed by atoms with van der Waals surface area (Å²) in [6.45, 7) is 7.47. The molecular formula is C13H23NO2. The van der Waals surface area contributed by atoms with Gasteiger partial charge in [0.25, 0.3) is 0 Å². The molecule has 92 valence electrons. The van der Waals surface area contributed by atoms with E-state index in [2.05, 4.69) is 17.5 Å². The molecule has 1 unspecified atom stereocenters. The molecule has 3 nitrogen and oxygen atoms in total. The molecule has 0 aromatic heterocycles. The summed E-state index contributed by atoms with van der Waals surface area (Å²) in [7, 11) is 0. The minimum Gasteiger partial charge on any atom is -0.481 e. The lowest BCUT2D eigenvalue weighted by Crippen LogP contribution is -2.57. The molecule has 0 spiro atoms. The van der Waals surface area contributed by atoms with Crippen LogP contribution in [0.5, 0.6) is 0 Å². The van der Waals surface area contributed by atoms with Gasteiger partial charge in [-0.2, -0.15) is 0 Å². The van der Waals surface area contributed by atoms with E-state index in [-0.39, 0.29) is 0 Å². The Labute approximate surface area is 97.9 Å². The zero-order chi connectivity index (χ0) is 12.4. The number of hydrogen-bond acceptors (Lipinski definition) is 2. The molecule has 0 bridgehead atoms. The van der Waals surface area contributed by atoms with Gasteiger partial charge in [-0.05, 0) is 47.0 Å². The zero-order valence-electron chi connectivity index (χ0n) is 10.7. The van der Waals surface area contributed by atoms with Crippen molar-refractivity contribution in [3.05, 3.63) is 12.2 Å². The highest BCUT2D eigenvalue weighted by atomic mass is 16.4. The van der Waals surface area contributed by atoms with Crippen LogP contribution in [0.15, 0.2) is 12.2 Å². The van der Waals surface area contributed by atoms with Crippen LogP contribution in [0.25, 0.3) is 0 Å². The molecule has 0 aliphatic heterocycles. The molecule has 0 radical (unpaired) electrons. The first-order valence-electron chi connectivity index (χ1n) is 5.95. The highest BCUT2D eigenvalue weighted by Gasteiger charge is 2.44. The van der Waals surface area contributed by atoms with Crippen molar-refractivity contribution in [1.29, 1.82) is 0 Å². The standard InChI is InChI=1S/C13H23NO2/c1-12(2,11(15)16)13(3,4)14-10-8-6-5-7-9-10/h6,8,10,14H,5,7,9H2,1-4H3,(H,15,16). The van der Waals surface area contributed by atoms with Crippen LogP contribution in [0, 0.1) is 5.41 Å². The molecule has 3 heteroatoms. The maximum absolute atomic E-state index is 11.3. The number of rotatable bonds is 4. The van der Waals surface area contributed by atoms with Gasteiger partial charge in [0.1, 0.15) is 0 Å². The van der Waals surface area contributed by atoms with Crippen molar-refractivity contribution < 1.29 is 9.90 Å². The molecular weight excluding hydrogens is 202 g/mol. The Morgan fingerprint density at radius 1 is 1.38 bits per heavy atom. The Morgan fingerprint density at radius 3 is 2.44 bits per heavy atom. The molecule has 0 saturated heterocycles. The van der Waals surface area contributed by atoms with E-state index in [1.807, 2.05) is 13.8 Å². The van der Waals surface area contributed by atoms with Gasteiger partial charge < -0.3 is 10.4 Å². The number of carbonyl (C=O) groups is 1. The first-order valence-corrected chi connectivity index (χ1v) is 5.95. The average Bonchev–Trinajstić information content (AvgIpc) is 2.18. The number of hydrogen-bond donors (Lipinski definition) is 2. The smallest absolute Gasteiger partial charge is 0.310 e. The molecule has 1 aliphatic carbocycles. The maximum Gasteiger partial charge on any atom is 0.310 e. The summed E-state index contributed by atoms with van der Waals surface area (Å²) in [5, 5.41) is 12.7. The molecule has 0 saturated carbocycles. The van der Waals surface area contributed by atoms with Gasteiger partial charge in [0.05, 0.1) is 5.41 Å². The van der Waals surface area contributed by atoms with Crippen LogP contribution in [0.4, 0.5) is 0 Å². The van der Waals surface area contributed by atoms with E-state index in [0.29, 0.717) is 6.04 Å². The summed E-state index contributed by atoms with van der Waals surface area (Å²) in [4.78, 5) is 11.3. The Morgan fingerprint density at radius 2 is 2.00 bits per heavy atom. The lowest BCUT2D eigenvalue weighted by Gasteiger charge is -2.41. The van der Waals surface area contributed by atoms with E-state index in [4.69, 9.17) is 0 Å². The third kappa shape index (κ3) is 2.64. The average molecular weight is 225 g/mol. The third-order valence-corrected chi connectivity index (χ3v) is 3.90. The van der Waals surface area contributed by atoms with E-state index in [9.17, 15) is 9.90 Å². The highest BCUT2D eigenvalue weighted by Crippen LogP contribution is 2.32. The predicted molar refractivity (Wildman–Crippen MR) is 65.4 cm³/mol. The number of nitrogens with one attached hydrogen (secondary N) is 1. The van der Waals surface area contributed by atoms with Crippen molar-refractivity contribution >= 4 is 5.97 Å². The van der Waals surface area contributed by atoms with Crippen molar-refractivity contribution in [2.24, 2.45) is 5.41 Å². The van der Waals surface area contributed by atoms with E-state index in [1.165, 1.54) is 6.42 Å². The number of allylic oxidation sites excluding steroid dienone is 1. The molecule has 1 rings (SSSR count). The largest absolute Gasteiger partial charge is 0.481 e. The monoisotopic (exact) mass is 225 g/mol. The fourth-order valence-corrected chi connectivity index (χ4v) is 1.84. The molecule has 2 N–H and O–H groups in total. The Kier molecular flexibility index (Phi) is 3.79. The van der Waals surface area contributed by atoms with E-state index >= 15 is 0 Å². The summed E-state index contributed by atoms with van der Waals surface area (Å²) in [6.07, 6.45) is 7.74. The van der Waals surface area contributed by atoms with Gasteiger partial charge in [-0.15, -0.1) is 0 Å². The quantitative estimate of drug-likeness (QED) is 0.723. The SMILES string of the molecule is CC(C)(NC1C=CCCC1)C(C)(C)C(=O)O. The van der Waals surface area contributed by atoms with Crippen molar-refractivity contribution in [3.63, 3.8) is 0 Å². The molecule has 0 fully saturated rings. The van der Waals surface area contributed by atoms with E-state index < -0.39 is 16.9 Å². The predicted octanol–water partition coefficient (Wildman–Crippen LogP) is 2.57. The van der Waals surface area contributed by atoms with Crippen LogP contribution in [-0.4, -0.2) is 22.7 Å². The van der Waals surface area contributed by atoms with Gasteiger partial charge in [0.15, 0.2) is 0 Å². The Balaban J connectivity index is 2.73. The summed E-state index contributed by atoms with van der Waals surface area (Å²) < 4.78 is 0. The molecule has 16 heavy (non-hydrogen) atoms. The van der Waals surface area contributed by atoms with Gasteiger partial charge in [-0.25, -0.2) is 0 Å². The number of carboxylic acids is 1.